The van der Waals surface area contributed by atoms with Crippen LogP contribution in [0.5, 0.6) is 5.75 Å². The molecule has 0 radical (unpaired) electrons. The van der Waals surface area contributed by atoms with E-state index in [4.69, 9.17) is 32.8 Å². The standard InChI is InChI=1S/C19H14Cl2N2O4/c1-9-7-13(14(26-2)8-12(9)21)23-18(24)15-16(22-27-17(15)19(23)25)10-3-5-11(20)6-4-10/h3-8,15,17H,1-2H3/t15-,17-/m0/s1. The molecule has 0 saturated carbocycles. The Hall–Kier alpha value is -2.57. The molecule has 4 rings (SSSR count). The second-order valence-corrected chi connectivity index (χ2v) is 7.12. The molecule has 0 aliphatic carbocycles. The van der Waals surface area contributed by atoms with E-state index < -0.39 is 23.8 Å². The van der Waals surface area contributed by atoms with Gasteiger partial charge in [-0.05, 0) is 30.7 Å². The van der Waals surface area contributed by atoms with Gasteiger partial charge in [-0.2, -0.15) is 0 Å². The van der Waals surface area contributed by atoms with Crippen LogP contribution in [-0.4, -0.2) is 30.7 Å². The van der Waals surface area contributed by atoms with Crippen LogP contribution in [0.2, 0.25) is 10.0 Å². The number of hydrogen-bond acceptors (Lipinski definition) is 5. The largest absolute Gasteiger partial charge is 0.495 e. The van der Waals surface area contributed by atoms with Gasteiger partial charge >= 0.3 is 0 Å². The number of halogens is 2. The number of aryl methyl sites for hydroxylation is 1. The molecule has 0 bridgehead atoms. The van der Waals surface area contributed by atoms with Crippen molar-refractivity contribution in [2.45, 2.75) is 13.0 Å². The van der Waals surface area contributed by atoms with Crippen LogP contribution in [0.15, 0.2) is 41.6 Å². The first kappa shape index (κ1) is 17.8. The molecule has 0 unspecified atom stereocenters. The Morgan fingerprint density at radius 2 is 1.81 bits per heavy atom. The minimum Gasteiger partial charge on any atom is -0.495 e. The Bertz CT molecular complexity index is 988. The third-order valence-electron chi connectivity index (χ3n) is 4.65. The smallest absolute Gasteiger partial charge is 0.279 e. The fourth-order valence-electron chi connectivity index (χ4n) is 3.26. The van der Waals surface area contributed by atoms with E-state index in [2.05, 4.69) is 5.16 Å². The predicted molar refractivity (Wildman–Crippen MR) is 102 cm³/mol. The quantitative estimate of drug-likeness (QED) is 0.732. The van der Waals surface area contributed by atoms with Crippen molar-refractivity contribution in [2.75, 3.05) is 12.0 Å². The Kier molecular flexibility index (Phi) is 4.32. The van der Waals surface area contributed by atoms with Gasteiger partial charge in [0.2, 0.25) is 12.0 Å². The number of imide groups is 1. The second kappa shape index (κ2) is 6.55. The fraction of sp³-hybridized carbons (Fsp3) is 0.211. The van der Waals surface area contributed by atoms with Gasteiger partial charge in [0.25, 0.3) is 5.91 Å². The summed E-state index contributed by atoms with van der Waals surface area (Å²) in [6, 6.07) is 10.1. The van der Waals surface area contributed by atoms with Crippen molar-refractivity contribution >= 4 is 46.4 Å². The van der Waals surface area contributed by atoms with E-state index in [9.17, 15) is 9.59 Å². The van der Waals surface area contributed by atoms with Crippen LogP contribution in [0.25, 0.3) is 0 Å². The molecule has 6 nitrogen and oxygen atoms in total. The van der Waals surface area contributed by atoms with Crippen LogP contribution in [0.3, 0.4) is 0 Å². The maximum Gasteiger partial charge on any atom is 0.279 e. The van der Waals surface area contributed by atoms with E-state index >= 15 is 0 Å². The Labute approximate surface area is 165 Å². The lowest BCUT2D eigenvalue weighted by molar-refractivity contribution is -0.126. The van der Waals surface area contributed by atoms with E-state index in [-0.39, 0.29) is 0 Å². The van der Waals surface area contributed by atoms with Gasteiger partial charge in [-0.15, -0.1) is 0 Å². The van der Waals surface area contributed by atoms with E-state index in [1.807, 2.05) is 0 Å². The Morgan fingerprint density at radius 3 is 2.48 bits per heavy atom. The summed E-state index contributed by atoms with van der Waals surface area (Å²) in [6.45, 7) is 1.79. The number of hydrogen-bond donors (Lipinski definition) is 0. The van der Waals surface area contributed by atoms with Gasteiger partial charge in [-0.25, -0.2) is 4.90 Å². The average molecular weight is 405 g/mol. The molecule has 8 heteroatoms. The lowest BCUT2D eigenvalue weighted by Gasteiger charge is -2.19. The summed E-state index contributed by atoms with van der Waals surface area (Å²) >= 11 is 12.1. The second-order valence-electron chi connectivity index (χ2n) is 6.27. The topological polar surface area (TPSA) is 68.2 Å². The van der Waals surface area contributed by atoms with Gasteiger partial charge in [0.1, 0.15) is 17.4 Å². The number of carbonyl (C=O) groups is 2. The zero-order valence-corrected chi connectivity index (χ0v) is 15.9. The summed E-state index contributed by atoms with van der Waals surface area (Å²) in [4.78, 5) is 32.4. The molecule has 0 N–H and O–H groups in total. The van der Waals surface area contributed by atoms with Gasteiger partial charge in [0, 0.05) is 21.7 Å². The van der Waals surface area contributed by atoms with E-state index in [0.717, 1.165) is 10.5 Å². The summed E-state index contributed by atoms with van der Waals surface area (Å²) in [5.74, 6) is -1.40. The molecule has 2 aliphatic rings. The highest BCUT2D eigenvalue weighted by molar-refractivity contribution is 6.34. The van der Waals surface area contributed by atoms with Crippen LogP contribution >= 0.6 is 23.2 Å². The summed E-state index contributed by atoms with van der Waals surface area (Å²) < 4.78 is 5.32. The number of fused-ring (bicyclic) bond motifs is 1. The van der Waals surface area contributed by atoms with Crippen LogP contribution in [0, 0.1) is 12.8 Å². The summed E-state index contributed by atoms with van der Waals surface area (Å²) in [5.41, 5.74) is 2.14. The molecule has 0 aromatic heterocycles. The number of amides is 2. The van der Waals surface area contributed by atoms with Crippen LogP contribution < -0.4 is 9.64 Å². The van der Waals surface area contributed by atoms with Crippen molar-refractivity contribution in [1.29, 1.82) is 0 Å². The number of ether oxygens (including phenoxy) is 1. The van der Waals surface area contributed by atoms with Crippen LogP contribution in [-0.2, 0) is 14.4 Å². The number of anilines is 1. The van der Waals surface area contributed by atoms with Crippen molar-refractivity contribution < 1.29 is 19.2 Å². The fourth-order valence-corrected chi connectivity index (χ4v) is 3.54. The van der Waals surface area contributed by atoms with Crippen molar-refractivity contribution in [2.24, 2.45) is 11.1 Å². The third kappa shape index (κ3) is 2.76. The van der Waals surface area contributed by atoms with E-state index in [0.29, 0.717) is 32.8 Å². The number of nitrogens with zero attached hydrogens (tertiary/aromatic N) is 2. The molecule has 138 valence electrons. The SMILES string of the molecule is COc1cc(Cl)c(C)cc1N1C(=O)[C@H]2C(c3ccc(Cl)cc3)=NO[C@@H]2C1=O. The molecule has 2 aromatic rings. The predicted octanol–water partition coefficient (Wildman–Crippen LogP) is 3.60. The highest BCUT2D eigenvalue weighted by Crippen LogP contribution is 2.40. The summed E-state index contributed by atoms with van der Waals surface area (Å²) in [5, 5.41) is 5.02. The van der Waals surface area contributed by atoms with Crippen molar-refractivity contribution in [3.05, 3.63) is 57.6 Å². The highest BCUT2D eigenvalue weighted by Gasteiger charge is 2.56. The first-order valence-corrected chi connectivity index (χ1v) is 8.89. The minimum absolute atomic E-state index is 0.331. The highest BCUT2D eigenvalue weighted by atomic mass is 35.5. The molecule has 2 amide bonds. The number of methoxy groups -OCH3 is 1. The molecule has 2 atom stereocenters. The first-order chi connectivity index (χ1) is 12.9. The van der Waals surface area contributed by atoms with Gasteiger partial charge in [0.15, 0.2) is 0 Å². The average Bonchev–Trinajstić information content (AvgIpc) is 3.19. The zero-order chi connectivity index (χ0) is 19.3. The van der Waals surface area contributed by atoms with Crippen molar-refractivity contribution in [3.63, 3.8) is 0 Å². The summed E-state index contributed by atoms with van der Waals surface area (Å²) in [6.07, 6.45) is -0.996. The first-order valence-electron chi connectivity index (χ1n) is 8.14. The summed E-state index contributed by atoms with van der Waals surface area (Å²) in [7, 11) is 1.45. The van der Waals surface area contributed by atoms with Crippen LogP contribution in [0.1, 0.15) is 11.1 Å². The number of oxime groups is 1. The van der Waals surface area contributed by atoms with Gasteiger partial charge in [0.05, 0.1) is 12.8 Å². The Morgan fingerprint density at radius 1 is 1.11 bits per heavy atom. The van der Waals surface area contributed by atoms with Crippen molar-refractivity contribution in [3.8, 4) is 5.75 Å². The number of carbonyl (C=O) groups excluding carboxylic acids is 2. The Balaban J connectivity index is 1.75. The van der Waals surface area contributed by atoms with Gasteiger partial charge in [-0.1, -0.05) is 40.5 Å². The molecular weight excluding hydrogens is 391 g/mol. The minimum atomic E-state index is -0.996. The van der Waals surface area contributed by atoms with E-state index in [1.165, 1.54) is 7.11 Å². The molecule has 2 aliphatic heterocycles. The molecule has 2 heterocycles. The molecule has 1 fully saturated rings. The maximum atomic E-state index is 13.1. The zero-order valence-electron chi connectivity index (χ0n) is 14.4. The molecule has 0 spiro atoms. The van der Waals surface area contributed by atoms with Crippen molar-refractivity contribution in [1.82, 2.24) is 0 Å². The molecule has 1 saturated heterocycles. The lowest BCUT2D eigenvalue weighted by Crippen LogP contribution is -2.33. The van der Waals surface area contributed by atoms with Crippen LogP contribution in [0.4, 0.5) is 5.69 Å². The maximum absolute atomic E-state index is 13.1. The van der Waals surface area contributed by atoms with E-state index in [1.54, 1.807) is 43.3 Å². The number of benzene rings is 2. The lowest BCUT2D eigenvalue weighted by atomic mass is 9.94. The molecule has 2 aromatic carbocycles. The molecule has 27 heavy (non-hydrogen) atoms. The third-order valence-corrected chi connectivity index (χ3v) is 5.31. The van der Waals surface area contributed by atoms with Gasteiger partial charge < -0.3 is 9.57 Å². The normalized spacial score (nSPS) is 21.2. The van der Waals surface area contributed by atoms with Gasteiger partial charge in [-0.3, -0.25) is 9.59 Å². The number of rotatable bonds is 3. The molecular formula is C19H14Cl2N2O4. The monoisotopic (exact) mass is 404 g/mol.